The molecule has 168 valence electrons. The molecule has 0 aliphatic carbocycles. The predicted octanol–water partition coefficient (Wildman–Crippen LogP) is 2.95. The number of benzene rings is 1. The highest BCUT2D eigenvalue weighted by Gasteiger charge is 2.23. The van der Waals surface area contributed by atoms with Crippen LogP contribution in [0.3, 0.4) is 0 Å². The van der Waals surface area contributed by atoms with E-state index in [9.17, 15) is 9.90 Å². The fourth-order valence-electron chi connectivity index (χ4n) is 3.59. The lowest BCUT2D eigenvalue weighted by Crippen LogP contribution is -2.47. The number of rotatable bonds is 8. The van der Waals surface area contributed by atoms with Gasteiger partial charge < -0.3 is 30.2 Å². The third kappa shape index (κ3) is 6.48. The van der Waals surface area contributed by atoms with Crippen molar-refractivity contribution in [3.63, 3.8) is 0 Å². The number of nitrogens with zero attached hydrogens (tertiary/aromatic N) is 1. The number of carbonyl (C=O) groups excluding carboxylic acids is 1. The van der Waals surface area contributed by atoms with Gasteiger partial charge in [-0.05, 0) is 43.2 Å². The number of aromatic nitrogens is 1. The number of piperidine rings is 1. The maximum absolute atomic E-state index is 12.5. The molecule has 1 aromatic carbocycles. The molecule has 2 heterocycles. The smallest absolute Gasteiger partial charge is 0.286 e. The number of hydrogen-bond acceptors (Lipinski definition) is 5. The molecule has 3 rings (SSSR count). The molecule has 2 aromatic rings. The first-order valence-electron chi connectivity index (χ1n) is 10.1. The molecule has 1 amide bonds. The summed E-state index contributed by atoms with van der Waals surface area (Å²) in [7, 11) is 1.46. The van der Waals surface area contributed by atoms with Gasteiger partial charge in [-0.1, -0.05) is 29.3 Å². The quantitative estimate of drug-likeness (QED) is 0.271. The molecule has 1 aliphatic heterocycles. The largest absolute Gasteiger partial charge is 0.491 e. The van der Waals surface area contributed by atoms with Crippen LogP contribution in [-0.4, -0.2) is 71.5 Å². The minimum atomic E-state index is -0.729. The van der Waals surface area contributed by atoms with Crippen molar-refractivity contribution in [3.8, 4) is 0 Å². The van der Waals surface area contributed by atoms with E-state index in [1.807, 2.05) is 12.1 Å². The number of allylic oxidation sites excluding steroid dienone is 2. The Morgan fingerprint density at radius 2 is 2.03 bits per heavy atom. The Morgan fingerprint density at radius 1 is 1.32 bits per heavy atom. The fraction of sp³-hybridized carbons (Fsp3) is 0.409. The molecule has 0 bridgehead atoms. The number of halogens is 2. The number of H-pyrrole nitrogens is 1. The molecule has 1 aromatic heterocycles. The zero-order valence-corrected chi connectivity index (χ0v) is 18.8. The maximum atomic E-state index is 12.5. The van der Waals surface area contributed by atoms with E-state index in [1.165, 1.54) is 7.11 Å². The molecular weight excluding hydrogens is 441 g/mol. The van der Waals surface area contributed by atoms with E-state index < -0.39 is 6.10 Å². The van der Waals surface area contributed by atoms with E-state index in [0.717, 1.165) is 42.5 Å². The topological polar surface area (TPSA) is 97.8 Å². The number of β-amino-alcohol motifs (C(OH)–C–C–N with tert-alkyl or cyclic N) is 1. The summed E-state index contributed by atoms with van der Waals surface area (Å²) in [6, 6.07) is 5.56. The lowest BCUT2D eigenvalue weighted by molar-refractivity contribution is -0.121. The van der Waals surface area contributed by atoms with Crippen molar-refractivity contribution in [2.24, 2.45) is 0 Å². The minimum absolute atomic E-state index is 0.0424. The molecule has 9 heteroatoms. The summed E-state index contributed by atoms with van der Waals surface area (Å²) in [5.74, 6) is -0.0483. The third-order valence-electron chi connectivity index (χ3n) is 5.25. The standard InChI is InChI=1S/C22H27Cl2N3O4/c1-31-21(22(30)26-15-5-7-27(8-6-15)12-17(29)13-28)4-2-3-16-9-14-10-18(23)19(24)11-20(14)25-16/h2-4,9-11,15,17,25,28-29H,5-8,12-13H2,1H3,(H,26,30). The summed E-state index contributed by atoms with van der Waals surface area (Å²) in [6.07, 6.45) is 6.01. The van der Waals surface area contributed by atoms with Crippen molar-refractivity contribution in [3.05, 3.63) is 51.8 Å². The Balaban J connectivity index is 1.56. The van der Waals surface area contributed by atoms with E-state index in [0.29, 0.717) is 16.6 Å². The van der Waals surface area contributed by atoms with Crippen molar-refractivity contribution < 1.29 is 19.7 Å². The molecule has 0 radical (unpaired) electrons. The van der Waals surface area contributed by atoms with Gasteiger partial charge >= 0.3 is 0 Å². The average molecular weight is 468 g/mol. The number of likely N-dealkylation sites (tertiary alicyclic amines) is 1. The van der Waals surface area contributed by atoms with Crippen LogP contribution in [0.4, 0.5) is 0 Å². The van der Waals surface area contributed by atoms with Crippen LogP contribution in [0.15, 0.2) is 36.1 Å². The van der Waals surface area contributed by atoms with Crippen molar-refractivity contribution in [1.82, 2.24) is 15.2 Å². The number of fused-ring (bicyclic) bond motifs is 1. The Labute approximate surface area is 191 Å². The number of nitrogens with one attached hydrogen (secondary N) is 2. The number of ether oxygens (including phenoxy) is 1. The Kier molecular flexibility index (Phi) is 8.40. The van der Waals surface area contributed by atoms with Gasteiger partial charge in [0.2, 0.25) is 0 Å². The summed E-state index contributed by atoms with van der Waals surface area (Å²) >= 11 is 12.1. The lowest BCUT2D eigenvalue weighted by Gasteiger charge is -2.33. The Morgan fingerprint density at radius 3 is 2.71 bits per heavy atom. The van der Waals surface area contributed by atoms with Crippen LogP contribution in [0.25, 0.3) is 17.0 Å². The highest BCUT2D eigenvalue weighted by molar-refractivity contribution is 6.42. The third-order valence-corrected chi connectivity index (χ3v) is 5.97. The zero-order chi connectivity index (χ0) is 22.4. The van der Waals surface area contributed by atoms with Gasteiger partial charge in [-0.15, -0.1) is 0 Å². The van der Waals surface area contributed by atoms with Crippen LogP contribution < -0.4 is 5.32 Å². The van der Waals surface area contributed by atoms with Crippen LogP contribution in [0.2, 0.25) is 10.0 Å². The molecule has 1 saturated heterocycles. The zero-order valence-electron chi connectivity index (χ0n) is 17.3. The van der Waals surface area contributed by atoms with Gasteiger partial charge in [-0.3, -0.25) is 4.79 Å². The lowest BCUT2D eigenvalue weighted by atomic mass is 10.0. The molecule has 1 unspecified atom stereocenters. The molecule has 1 fully saturated rings. The number of hydrogen-bond donors (Lipinski definition) is 4. The van der Waals surface area contributed by atoms with E-state index in [1.54, 1.807) is 24.3 Å². The molecule has 1 atom stereocenters. The number of aliphatic hydroxyl groups excluding tert-OH is 2. The van der Waals surface area contributed by atoms with Gasteiger partial charge in [0, 0.05) is 42.3 Å². The number of methoxy groups -OCH3 is 1. The van der Waals surface area contributed by atoms with E-state index in [2.05, 4.69) is 15.2 Å². The summed E-state index contributed by atoms with van der Waals surface area (Å²) < 4.78 is 5.25. The van der Waals surface area contributed by atoms with Gasteiger partial charge in [0.15, 0.2) is 5.76 Å². The monoisotopic (exact) mass is 467 g/mol. The van der Waals surface area contributed by atoms with Gasteiger partial charge in [0.05, 0.1) is 29.9 Å². The Bertz CT molecular complexity index is 926. The minimum Gasteiger partial charge on any atom is -0.491 e. The number of aromatic amines is 1. The summed E-state index contributed by atoms with van der Waals surface area (Å²) in [6.45, 7) is 1.70. The van der Waals surface area contributed by atoms with Crippen molar-refractivity contribution >= 4 is 46.1 Å². The van der Waals surface area contributed by atoms with Crippen LogP contribution in [-0.2, 0) is 9.53 Å². The van der Waals surface area contributed by atoms with Crippen LogP contribution in [0, 0.1) is 0 Å². The first-order valence-corrected chi connectivity index (χ1v) is 10.9. The van der Waals surface area contributed by atoms with E-state index >= 15 is 0 Å². The summed E-state index contributed by atoms with van der Waals surface area (Å²) in [5, 5.41) is 23.4. The molecule has 4 N–H and O–H groups in total. The molecule has 7 nitrogen and oxygen atoms in total. The summed E-state index contributed by atoms with van der Waals surface area (Å²) in [4.78, 5) is 17.9. The van der Waals surface area contributed by atoms with Crippen molar-refractivity contribution in [2.45, 2.75) is 25.0 Å². The maximum Gasteiger partial charge on any atom is 0.286 e. The summed E-state index contributed by atoms with van der Waals surface area (Å²) in [5.41, 5.74) is 1.72. The molecule has 0 spiro atoms. The first-order chi connectivity index (χ1) is 14.9. The van der Waals surface area contributed by atoms with Gasteiger partial charge in [0.25, 0.3) is 5.91 Å². The second kappa shape index (κ2) is 11.0. The predicted molar refractivity (Wildman–Crippen MR) is 123 cm³/mol. The second-order valence-electron chi connectivity index (χ2n) is 7.56. The van der Waals surface area contributed by atoms with Crippen LogP contribution in [0.5, 0.6) is 0 Å². The van der Waals surface area contributed by atoms with Crippen molar-refractivity contribution in [2.75, 3.05) is 33.4 Å². The Hall–Kier alpha value is -2.03. The van der Waals surface area contributed by atoms with Crippen molar-refractivity contribution in [1.29, 1.82) is 0 Å². The normalized spacial score (nSPS) is 17.4. The molecule has 1 aliphatic rings. The van der Waals surface area contributed by atoms with E-state index in [4.69, 9.17) is 33.0 Å². The molecule has 31 heavy (non-hydrogen) atoms. The number of amides is 1. The highest BCUT2D eigenvalue weighted by Crippen LogP contribution is 2.28. The van der Waals surface area contributed by atoms with Crippen LogP contribution in [0.1, 0.15) is 18.5 Å². The SMILES string of the molecule is COC(=CC=Cc1cc2cc(Cl)c(Cl)cc2[nH]1)C(=O)NC1CCN(CC(O)CO)CC1. The number of carbonyl (C=O) groups is 1. The van der Waals surface area contributed by atoms with Crippen LogP contribution >= 0.6 is 23.2 Å². The van der Waals surface area contributed by atoms with Gasteiger partial charge in [-0.2, -0.15) is 0 Å². The van der Waals surface area contributed by atoms with E-state index in [-0.39, 0.29) is 24.3 Å². The molecular formula is C22H27Cl2N3O4. The average Bonchev–Trinajstić information content (AvgIpc) is 3.14. The van der Waals surface area contributed by atoms with Gasteiger partial charge in [-0.25, -0.2) is 0 Å². The first kappa shape index (κ1) is 23.6. The highest BCUT2D eigenvalue weighted by atomic mass is 35.5. The number of aliphatic hydroxyl groups is 2. The second-order valence-corrected chi connectivity index (χ2v) is 8.37. The molecule has 0 saturated carbocycles. The van der Waals surface area contributed by atoms with Gasteiger partial charge in [0.1, 0.15) is 0 Å². The fourth-order valence-corrected chi connectivity index (χ4v) is 3.92.